The number of nitrogen functional groups attached to an aromatic ring is 1. The Labute approximate surface area is 118 Å². The van der Waals surface area contributed by atoms with E-state index in [4.69, 9.17) is 5.73 Å². The van der Waals surface area contributed by atoms with Crippen LogP contribution in [-0.2, 0) is 5.54 Å². The number of hydrogen-bond acceptors (Lipinski definition) is 4. The average Bonchev–Trinajstić information content (AvgIpc) is 2.49. The normalized spacial score (nSPS) is 13.2. The number of nitriles is 1. The summed E-state index contributed by atoms with van der Waals surface area (Å²) in [5.41, 5.74) is 7.62. The Morgan fingerprint density at radius 1 is 1.25 bits per heavy atom. The highest BCUT2D eigenvalue weighted by atomic mass is 16.3. The predicted octanol–water partition coefficient (Wildman–Crippen LogP) is 2.46. The first kappa shape index (κ1) is 13.9. The second-order valence-electron chi connectivity index (χ2n) is 4.90. The summed E-state index contributed by atoms with van der Waals surface area (Å²) in [5.74, 6) is 0. The van der Waals surface area contributed by atoms with E-state index in [-0.39, 0.29) is 6.61 Å². The van der Waals surface area contributed by atoms with Crippen molar-refractivity contribution in [1.29, 1.82) is 5.26 Å². The van der Waals surface area contributed by atoms with Crippen LogP contribution in [-0.4, -0.2) is 11.7 Å². The Balaban J connectivity index is 2.39. The van der Waals surface area contributed by atoms with Gasteiger partial charge in [0.05, 0.1) is 23.4 Å². The molecule has 0 bridgehead atoms. The Hall–Kier alpha value is -2.51. The van der Waals surface area contributed by atoms with Gasteiger partial charge < -0.3 is 16.2 Å². The van der Waals surface area contributed by atoms with Crippen LogP contribution in [0.1, 0.15) is 18.1 Å². The van der Waals surface area contributed by atoms with E-state index in [2.05, 4.69) is 11.4 Å². The third-order valence-corrected chi connectivity index (χ3v) is 3.30. The van der Waals surface area contributed by atoms with Gasteiger partial charge in [0.1, 0.15) is 6.07 Å². The third kappa shape index (κ3) is 2.73. The fraction of sp³-hybridized carbons (Fsp3) is 0.188. The quantitative estimate of drug-likeness (QED) is 0.743. The van der Waals surface area contributed by atoms with Crippen molar-refractivity contribution in [2.75, 3.05) is 17.7 Å². The maximum Gasteiger partial charge on any atom is 0.101 e. The lowest BCUT2D eigenvalue weighted by atomic mass is 9.92. The Morgan fingerprint density at radius 2 is 1.95 bits per heavy atom. The molecule has 4 N–H and O–H groups in total. The second-order valence-corrected chi connectivity index (χ2v) is 4.90. The number of hydrogen-bond donors (Lipinski definition) is 3. The highest BCUT2D eigenvalue weighted by molar-refractivity contribution is 5.64. The molecule has 0 amide bonds. The fourth-order valence-electron chi connectivity index (χ4n) is 2.07. The lowest BCUT2D eigenvalue weighted by molar-refractivity contribution is 0.224. The number of benzene rings is 2. The van der Waals surface area contributed by atoms with Gasteiger partial charge in [0.25, 0.3) is 0 Å². The molecule has 0 spiro atoms. The van der Waals surface area contributed by atoms with Crippen LogP contribution >= 0.6 is 0 Å². The molecule has 1 unspecified atom stereocenters. The maximum absolute atomic E-state index is 9.75. The van der Waals surface area contributed by atoms with Gasteiger partial charge in [-0.25, -0.2) is 0 Å². The number of nitrogens with two attached hydrogens (primary N) is 1. The van der Waals surface area contributed by atoms with Crippen LogP contribution in [0.5, 0.6) is 0 Å². The lowest BCUT2D eigenvalue weighted by Crippen LogP contribution is -2.36. The molecule has 2 aromatic carbocycles. The van der Waals surface area contributed by atoms with Gasteiger partial charge in [-0.15, -0.1) is 0 Å². The minimum Gasteiger partial charge on any atom is -0.399 e. The molecule has 4 heteroatoms. The molecule has 0 aliphatic heterocycles. The highest BCUT2D eigenvalue weighted by Gasteiger charge is 2.26. The van der Waals surface area contributed by atoms with E-state index in [1.54, 1.807) is 18.2 Å². The fourth-order valence-corrected chi connectivity index (χ4v) is 2.07. The number of rotatable bonds is 4. The molecule has 20 heavy (non-hydrogen) atoms. The zero-order valence-corrected chi connectivity index (χ0v) is 11.3. The number of aliphatic hydroxyl groups is 1. The van der Waals surface area contributed by atoms with Gasteiger partial charge in [-0.05, 0) is 30.7 Å². The molecule has 0 saturated heterocycles. The van der Waals surface area contributed by atoms with E-state index >= 15 is 0 Å². The number of nitrogens with one attached hydrogen (secondary N) is 1. The Bertz CT molecular complexity index is 634. The minimum atomic E-state index is -0.664. The molecule has 0 saturated carbocycles. The highest BCUT2D eigenvalue weighted by Crippen LogP contribution is 2.28. The van der Waals surface area contributed by atoms with Crippen molar-refractivity contribution >= 4 is 11.4 Å². The summed E-state index contributed by atoms with van der Waals surface area (Å²) in [6.07, 6.45) is 0. The van der Waals surface area contributed by atoms with Gasteiger partial charge in [-0.3, -0.25) is 0 Å². The second kappa shape index (κ2) is 5.64. The van der Waals surface area contributed by atoms with Crippen molar-refractivity contribution in [3.05, 3.63) is 59.7 Å². The molecule has 4 nitrogen and oxygen atoms in total. The molecule has 0 aromatic heterocycles. The van der Waals surface area contributed by atoms with E-state index in [1.807, 2.05) is 37.3 Å². The van der Waals surface area contributed by atoms with Crippen LogP contribution in [0.4, 0.5) is 11.4 Å². The first-order valence-electron chi connectivity index (χ1n) is 6.33. The van der Waals surface area contributed by atoms with Crippen molar-refractivity contribution in [2.24, 2.45) is 0 Å². The number of anilines is 2. The van der Waals surface area contributed by atoms with Crippen molar-refractivity contribution < 1.29 is 5.11 Å². The summed E-state index contributed by atoms with van der Waals surface area (Å²) in [5, 5.41) is 22.2. The van der Waals surface area contributed by atoms with Crippen LogP contribution in [0.15, 0.2) is 48.5 Å². The smallest absolute Gasteiger partial charge is 0.101 e. The molecule has 0 fully saturated rings. The summed E-state index contributed by atoms with van der Waals surface area (Å²) in [4.78, 5) is 0. The third-order valence-electron chi connectivity index (χ3n) is 3.30. The molecule has 0 aliphatic rings. The van der Waals surface area contributed by atoms with Gasteiger partial charge in [0.15, 0.2) is 0 Å². The Morgan fingerprint density at radius 3 is 2.55 bits per heavy atom. The van der Waals surface area contributed by atoms with Crippen LogP contribution < -0.4 is 11.1 Å². The first-order valence-corrected chi connectivity index (χ1v) is 6.33. The van der Waals surface area contributed by atoms with Crippen LogP contribution in [0.3, 0.4) is 0 Å². The SMILES string of the molecule is CC(CO)(Nc1ccc(N)cc1C#N)c1ccccc1. The van der Waals surface area contributed by atoms with Gasteiger partial charge in [0, 0.05) is 5.69 Å². The summed E-state index contributed by atoms with van der Waals surface area (Å²) >= 11 is 0. The summed E-state index contributed by atoms with van der Waals surface area (Å²) < 4.78 is 0. The van der Waals surface area contributed by atoms with Crippen molar-refractivity contribution in [3.8, 4) is 6.07 Å². The molecule has 2 rings (SSSR count). The molecule has 2 aromatic rings. The zero-order chi connectivity index (χ0) is 14.6. The van der Waals surface area contributed by atoms with Crippen LogP contribution in [0.2, 0.25) is 0 Å². The topological polar surface area (TPSA) is 82.1 Å². The van der Waals surface area contributed by atoms with E-state index in [0.717, 1.165) is 5.56 Å². The number of aliphatic hydroxyl groups excluding tert-OH is 1. The predicted molar refractivity (Wildman–Crippen MR) is 80.1 cm³/mol. The molecule has 0 heterocycles. The molecule has 1 atom stereocenters. The van der Waals surface area contributed by atoms with Crippen molar-refractivity contribution in [1.82, 2.24) is 0 Å². The van der Waals surface area contributed by atoms with E-state index in [9.17, 15) is 10.4 Å². The van der Waals surface area contributed by atoms with E-state index in [1.165, 1.54) is 0 Å². The summed E-state index contributed by atoms with van der Waals surface area (Å²) in [6, 6.07) is 16.8. The Kier molecular flexibility index (Phi) is 3.92. The lowest BCUT2D eigenvalue weighted by Gasteiger charge is -2.31. The summed E-state index contributed by atoms with van der Waals surface area (Å²) in [7, 11) is 0. The molecule has 102 valence electrons. The van der Waals surface area contributed by atoms with E-state index in [0.29, 0.717) is 16.9 Å². The standard InChI is InChI=1S/C16H17N3O/c1-16(11-20,13-5-3-2-4-6-13)19-15-8-7-14(18)9-12(15)10-17/h2-9,19-20H,11,18H2,1H3. The molecular weight excluding hydrogens is 250 g/mol. The monoisotopic (exact) mass is 267 g/mol. The first-order chi connectivity index (χ1) is 9.59. The van der Waals surface area contributed by atoms with Gasteiger partial charge in [-0.2, -0.15) is 5.26 Å². The molecular formula is C16H17N3O. The van der Waals surface area contributed by atoms with Crippen LogP contribution in [0, 0.1) is 11.3 Å². The van der Waals surface area contributed by atoms with E-state index < -0.39 is 5.54 Å². The molecule has 0 aliphatic carbocycles. The van der Waals surface area contributed by atoms with Crippen LogP contribution in [0.25, 0.3) is 0 Å². The number of nitrogens with zero attached hydrogens (tertiary/aromatic N) is 1. The van der Waals surface area contributed by atoms with Gasteiger partial charge in [0.2, 0.25) is 0 Å². The van der Waals surface area contributed by atoms with Crippen molar-refractivity contribution in [3.63, 3.8) is 0 Å². The van der Waals surface area contributed by atoms with Gasteiger partial charge >= 0.3 is 0 Å². The zero-order valence-electron chi connectivity index (χ0n) is 11.3. The maximum atomic E-state index is 9.75. The minimum absolute atomic E-state index is 0.0910. The largest absolute Gasteiger partial charge is 0.399 e. The van der Waals surface area contributed by atoms with Crippen molar-refractivity contribution in [2.45, 2.75) is 12.5 Å². The molecule has 0 radical (unpaired) electrons. The summed E-state index contributed by atoms with van der Waals surface area (Å²) in [6.45, 7) is 1.80. The average molecular weight is 267 g/mol. The van der Waals surface area contributed by atoms with Gasteiger partial charge in [-0.1, -0.05) is 30.3 Å².